The van der Waals surface area contributed by atoms with E-state index in [-0.39, 0.29) is 5.56 Å². The molecule has 33 heavy (non-hydrogen) atoms. The molecule has 1 aliphatic heterocycles. The van der Waals surface area contributed by atoms with Crippen LogP contribution in [0.15, 0.2) is 24.3 Å². The molecule has 1 aliphatic rings. The van der Waals surface area contributed by atoms with Crippen LogP contribution in [-0.4, -0.2) is 54.3 Å². The number of carbonyl (C=O) groups is 2. The number of carbonyl (C=O) groups excluding carboxylic acids is 1. The molecule has 0 saturated carbocycles. The predicted octanol–water partition coefficient (Wildman–Crippen LogP) is 4.32. The molecule has 1 N–H and O–H groups in total. The van der Waals surface area contributed by atoms with Crippen molar-refractivity contribution >= 4 is 22.4 Å². The second kappa shape index (κ2) is 8.55. The maximum Gasteiger partial charge on any atom is 0.532 e. The van der Waals surface area contributed by atoms with Gasteiger partial charge in [-0.1, -0.05) is 16.0 Å². The van der Waals surface area contributed by atoms with Gasteiger partial charge in [-0.05, 0) is 59.2 Å². The highest BCUT2D eigenvalue weighted by molar-refractivity contribution is 7.81. The van der Waals surface area contributed by atoms with Crippen LogP contribution in [0.4, 0.5) is 18.0 Å². The van der Waals surface area contributed by atoms with E-state index < -0.39 is 74.1 Å². The van der Waals surface area contributed by atoms with Crippen molar-refractivity contribution in [3.05, 3.63) is 35.4 Å². The van der Waals surface area contributed by atoms with Crippen molar-refractivity contribution in [3.63, 3.8) is 0 Å². The van der Waals surface area contributed by atoms with Crippen LogP contribution in [0, 0.1) is 5.41 Å². The van der Waals surface area contributed by atoms with Gasteiger partial charge in [0.15, 0.2) is 6.04 Å². The first kappa shape index (κ1) is 27.1. The van der Waals surface area contributed by atoms with E-state index in [0.717, 1.165) is 24.3 Å². The summed E-state index contributed by atoms with van der Waals surface area (Å²) in [5.41, 5.74) is -3.08. The number of ether oxygens (including phenoxy) is 1. The zero-order chi connectivity index (χ0) is 25.6. The summed E-state index contributed by atoms with van der Waals surface area (Å²) in [6, 6.07) is 2.57. The molecule has 1 amide bonds. The van der Waals surface area contributed by atoms with E-state index in [1.165, 1.54) is 20.8 Å². The third-order valence-corrected chi connectivity index (χ3v) is 7.74. The summed E-state index contributed by atoms with van der Waals surface area (Å²) in [7, 11) is -4.69. The average molecular weight is 497 g/mol. The van der Waals surface area contributed by atoms with Gasteiger partial charge in [0.05, 0.1) is 16.9 Å². The fraction of sp³-hybridized carbons (Fsp3) is 0.619. The Kier molecular flexibility index (Phi) is 7.01. The first-order chi connectivity index (χ1) is 14.8. The van der Waals surface area contributed by atoms with Crippen molar-refractivity contribution in [2.45, 2.75) is 65.2 Å². The monoisotopic (exact) mass is 496 g/mol. The molecule has 1 fully saturated rings. The Morgan fingerprint density at radius 2 is 1.64 bits per heavy atom. The van der Waals surface area contributed by atoms with Crippen LogP contribution >= 0.6 is 0 Å². The van der Waals surface area contributed by atoms with Crippen molar-refractivity contribution in [1.29, 1.82) is 0 Å². The Balaban J connectivity index is 2.66. The summed E-state index contributed by atoms with van der Waals surface area (Å²) < 4.78 is 73.8. The number of quaternary nitrogens is 1. The highest BCUT2D eigenvalue weighted by atomic mass is 32.2. The molecule has 1 aromatic carbocycles. The SMILES string of the molecule is CC(C)(C)C(=O)OC[C@@H](c1ccc(C(F)(F)F)cc1)[C@H]1COS(=O)(=O)[N+]1(C(=O)O)C(C)(C)C. The number of hydrogen-bond acceptors (Lipinski definition) is 6. The number of nitrogens with zero attached hydrogens (tertiary/aromatic N) is 1. The van der Waals surface area contributed by atoms with Gasteiger partial charge in [0.2, 0.25) is 0 Å². The maximum atomic E-state index is 13.0. The molecule has 12 heteroatoms. The van der Waals surface area contributed by atoms with E-state index in [0.29, 0.717) is 0 Å². The Hall–Kier alpha value is -2.18. The molecular weight excluding hydrogens is 467 g/mol. The second-order valence-corrected chi connectivity index (χ2v) is 11.6. The lowest BCUT2D eigenvalue weighted by atomic mass is 9.88. The number of hydrogen-bond donors (Lipinski definition) is 1. The second-order valence-electron chi connectivity index (χ2n) is 9.97. The molecule has 0 aromatic heterocycles. The first-order valence-electron chi connectivity index (χ1n) is 10.1. The summed E-state index contributed by atoms with van der Waals surface area (Å²) in [5, 5.41) is 10.1. The molecule has 8 nitrogen and oxygen atoms in total. The maximum absolute atomic E-state index is 13.0. The molecule has 1 saturated heterocycles. The van der Waals surface area contributed by atoms with E-state index in [2.05, 4.69) is 0 Å². The van der Waals surface area contributed by atoms with Gasteiger partial charge < -0.3 is 9.84 Å². The fourth-order valence-electron chi connectivity index (χ4n) is 3.97. The van der Waals surface area contributed by atoms with Crippen LogP contribution < -0.4 is 0 Å². The normalized spacial score (nSPS) is 24.3. The Bertz CT molecular complexity index is 1010. The van der Waals surface area contributed by atoms with E-state index in [1.807, 2.05) is 0 Å². The van der Waals surface area contributed by atoms with Crippen LogP contribution in [-0.2, 0) is 30.2 Å². The van der Waals surface area contributed by atoms with Gasteiger partial charge >= 0.3 is 28.5 Å². The van der Waals surface area contributed by atoms with Gasteiger partial charge in [0.25, 0.3) is 0 Å². The lowest BCUT2D eigenvalue weighted by molar-refractivity contribution is -0.806. The lowest BCUT2D eigenvalue weighted by Crippen LogP contribution is -2.69. The molecule has 0 radical (unpaired) electrons. The minimum Gasteiger partial charge on any atom is -0.464 e. The number of alkyl halides is 3. The highest BCUT2D eigenvalue weighted by Crippen LogP contribution is 2.45. The van der Waals surface area contributed by atoms with Gasteiger partial charge in [0, 0.05) is 0 Å². The van der Waals surface area contributed by atoms with Crippen molar-refractivity contribution in [1.82, 2.24) is 0 Å². The number of rotatable bonds is 4. The molecular formula is C21H29F3NO7S+. The van der Waals surface area contributed by atoms with Crippen molar-refractivity contribution in [2.24, 2.45) is 5.41 Å². The summed E-state index contributed by atoms with van der Waals surface area (Å²) in [6.45, 7) is 8.01. The predicted molar refractivity (Wildman–Crippen MR) is 111 cm³/mol. The Morgan fingerprint density at radius 1 is 1.12 bits per heavy atom. The summed E-state index contributed by atoms with van der Waals surface area (Å²) in [4.78, 5) is 24.8. The molecule has 2 rings (SSSR count). The quantitative estimate of drug-likeness (QED) is 0.489. The van der Waals surface area contributed by atoms with E-state index >= 15 is 0 Å². The third kappa shape index (κ3) is 4.87. The lowest BCUT2D eigenvalue weighted by Gasteiger charge is -2.42. The van der Waals surface area contributed by atoms with E-state index in [4.69, 9.17) is 8.92 Å². The zero-order valence-corrected chi connectivity index (χ0v) is 20.1. The van der Waals surface area contributed by atoms with Crippen LogP contribution in [0.5, 0.6) is 0 Å². The molecule has 1 heterocycles. The zero-order valence-electron chi connectivity index (χ0n) is 19.3. The molecule has 0 spiro atoms. The van der Waals surface area contributed by atoms with Gasteiger partial charge in [0.1, 0.15) is 18.8 Å². The summed E-state index contributed by atoms with van der Waals surface area (Å²) in [6.07, 6.45) is -6.30. The van der Waals surface area contributed by atoms with E-state index in [1.54, 1.807) is 20.8 Å². The third-order valence-electron chi connectivity index (χ3n) is 5.63. The molecule has 1 unspecified atom stereocenters. The minimum atomic E-state index is -4.69. The van der Waals surface area contributed by atoms with Gasteiger partial charge in [-0.3, -0.25) is 4.79 Å². The molecule has 0 bridgehead atoms. The topological polar surface area (TPSA) is 107 Å². The van der Waals surface area contributed by atoms with E-state index in [9.17, 15) is 36.3 Å². The van der Waals surface area contributed by atoms with Crippen LogP contribution in [0.2, 0.25) is 0 Å². The van der Waals surface area contributed by atoms with Crippen LogP contribution in [0.25, 0.3) is 0 Å². The Morgan fingerprint density at radius 3 is 2.03 bits per heavy atom. The van der Waals surface area contributed by atoms with Crippen LogP contribution in [0.3, 0.4) is 0 Å². The minimum absolute atomic E-state index is 0.184. The summed E-state index contributed by atoms with van der Waals surface area (Å²) >= 11 is 0. The first-order valence-corrected chi connectivity index (χ1v) is 11.5. The van der Waals surface area contributed by atoms with Gasteiger partial charge in [-0.15, -0.1) is 8.42 Å². The highest BCUT2D eigenvalue weighted by Gasteiger charge is 2.70. The van der Waals surface area contributed by atoms with Crippen LogP contribution in [0.1, 0.15) is 58.6 Å². The molecule has 186 valence electrons. The number of benzene rings is 1. The number of amides is 1. The smallest absolute Gasteiger partial charge is 0.464 e. The van der Waals surface area contributed by atoms with Gasteiger partial charge in [-0.2, -0.15) is 18.0 Å². The summed E-state index contributed by atoms with van der Waals surface area (Å²) in [5.74, 6) is -1.73. The fourth-order valence-corrected chi connectivity index (χ4v) is 5.85. The molecule has 0 aliphatic carbocycles. The number of halogens is 3. The van der Waals surface area contributed by atoms with Crippen molar-refractivity contribution in [3.8, 4) is 0 Å². The molecule has 1 aromatic rings. The standard InChI is InChI=1S/C21H28F3NO7S/c1-19(2,3)17(26)31-11-15(13-7-9-14(10-8-13)21(22,23)24)16-12-32-33(29,30)25(16,18(27)28)20(4,5)6/h7-10,15-16H,11-12H2,1-6H3/p+1/t15-,16+,25?/m0/s1. The van der Waals surface area contributed by atoms with Crippen molar-refractivity contribution < 1.29 is 49.1 Å². The number of esters is 1. The average Bonchev–Trinajstić information content (AvgIpc) is 2.92. The van der Waals surface area contributed by atoms with Gasteiger partial charge in [-0.25, -0.2) is 4.18 Å². The van der Waals surface area contributed by atoms with Crippen molar-refractivity contribution in [2.75, 3.05) is 13.2 Å². The number of carboxylic acid groups (broad SMARTS) is 1. The molecule has 3 atom stereocenters. The Labute approximate surface area is 191 Å². The largest absolute Gasteiger partial charge is 0.532 e.